The molecule has 0 saturated heterocycles. The van der Waals surface area contributed by atoms with Crippen LogP contribution < -0.4 is 4.74 Å². The monoisotopic (exact) mass is 356 g/mol. The van der Waals surface area contributed by atoms with Crippen molar-refractivity contribution in [3.05, 3.63) is 77.9 Å². The number of rotatable bonds is 5. The Hall–Kier alpha value is -2.66. The van der Waals surface area contributed by atoms with Gasteiger partial charge in [-0.25, -0.2) is 8.78 Å². The van der Waals surface area contributed by atoms with Gasteiger partial charge < -0.3 is 4.74 Å². The predicted octanol–water partition coefficient (Wildman–Crippen LogP) is 5.96. The molecule has 0 aliphatic rings. The van der Waals surface area contributed by atoms with Gasteiger partial charge in [0.1, 0.15) is 17.9 Å². The molecular formula is C20H14F2O2S. The molecule has 0 fully saturated rings. The first-order valence-corrected chi connectivity index (χ1v) is 8.70. The molecule has 0 N–H and O–H groups in total. The van der Waals surface area contributed by atoms with Crippen molar-refractivity contribution >= 4 is 18.0 Å². The van der Waals surface area contributed by atoms with Gasteiger partial charge in [-0.3, -0.25) is 4.79 Å². The van der Waals surface area contributed by atoms with Crippen LogP contribution in [0.5, 0.6) is 11.5 Å². The van der Waals surface area contributed by atoms with Crippen molar-refractivity contribution in [2.24, 2.45) is 0 Å². The first-order chi connectivity index (χ1) is 12.1. The van der Waals surface area contributed by atoms with Gasteiger partial charge in [-0.15, -0.1) is 11.8 Å². The number of halogens is 2. The van der Waals surface area contributed by atoms with E-state index in [1.54, 1.807) is 30.0 Å². The molecule has 0 amide bonds. The highest BCUT2D eigenvalue weighted by Crippen LogP contribution is 2.35. The number of aldehydes is 1. The maximum absolute atomic E-state index is 13.9. The zero-order chi connectivity index (χ0) is 17.8. The summed E-state index contributed by atoms with van der Waals surface area (Å²) in [7, 11) is 0. The van der Waals surface area contributed by atoms with Gasteiger partial charge in [0.2, 0.25) is 0 Å². The van der Waals surface area contributed by atoms with Crippen molar-refractivity contribution in [1.29, 1.82) is 0 Å². The molecule has 126 valence electrons. The quantitative estimate of drug-likeness (QED) is 0.417. The molecule has 2 nitrogen and oxygen atoms in total. The van der Waals surface area contributed by atoms with E-state index in [2.05, 4.69) is 0 Å². The summed E-state index contributed by atoms with van der Waals surface area (Å²) in [5.74, 6) is -1.16. The Bertz CT molecular complexity index is 908. The zero-order valence-electron chi connectivity index (χ0n) is 13.3. The summed E-state index contributed by atoms with van der Waals surface area (Å²) in [4.78, 5) is 12.2. The van der Waals surface area contributed by atoms with E-state index < -0.39 is 11.6 Å². The standard InChI is InChI=1S/C20H14F2O2S/c1-25-16-6-3-14(4-7-16)17-10-13(12-23)2-8-19(17)24-20-9-5-15(21)11-18(20)22/h2-12H,1H3. The number of carbonyl (C=O) groups is 1. The third kappa shape index (κ3) is 3.88. The van der Waals surface area contributed by atoms with Crippen LogP contribution in [-0.4, -0.2) is 12.5 Å². The Labute approximate surface area is 148 Å². The van der Waals surface area contributed by atoms with Crippen molar-refractivity contribution in [3.63, 3.8) is 0 Å². The Morgan fingerprint density at radius 3 is 2.28 bits per heavy atom. The topological polar surface area (TPSA) is 26.3 Å². The van der Waals surface area contributed by atoms with Gasteiger partial charge >= 0.3 is 0 Å². The second-order valence-corrected chi connectivity index (χ2v) is 6.16. The van der Waals surface area contributed by atoms with Gasteiger partial charge in [-0.2, -0.15) is 0 Å². The number of thioether (sulfide) groups is 1. The highest BCUT2D eigenvalue weighted by Gasteiger charge is 2.12. The largest absolute Gasteiger partial charge is 0.454 e. The van der Waals surface area contributed by atoms with Crippen LogP contribution >= 0.6 is 11.8 Å². The minimum Gasteiger partial charge on any atom is -0.454 e. The normalized spacial score (nSPS) is 10.5. The van der Waals surface area contributed by atoms with Gasteiger partial charge in [-0.1, -0.05) is 12.1 Å². The molecule has 3 aromatic carbocycles. The number of hydrogen-bond acceptors (Lipinski definition) is 3. The van der Waals surface area contributed by atoms with Crippen LogP contribution in [0.1, 0.15) is 10.4 Å². The molecule has 0 aliphatic carbocycles. The third-order valence-corrected chi connectivity index (χ3v) is 4.40. The van der Waals surface area contributed by atoms with Crippen molar-refractivity contribution in [2.75, 3.05) is 6.26 Å². The summed E-state index contributed by atoms with van der Waals surface area (Å²) in [6, 6.07) is 15.7. The molecule has 5 heteroatoms. The van der Waals surface area contributed by atoms with E-state index in [1.165, 1.54) is 6.07 Å². The first kappa shape index (κ1) is 17.2. The average molecular weight is 356 g/mol. The SMILES string of the molecule is CSc1ccc(-c2cc(C=O)ccc2Oc2ccc(F)cc2F)cc1. The highest BCUT2D eigenvalue weighted by molar-refractivity contribution is 7.98. The van der Waals surface area contributed by atoms with Gasteiger partial charge in [0.25, 0.3) is 0 Å². The van der Waals surface area contributed by atoms with Crippen LogP contribution in [0.4, 0.5) is 8.78 Å². The smallest absolute Gasteiger partial charge is 0.168 e. The summed E-state index contributed by atoms with van der Waals surface area (Å²) in [6.45, 7) is 0. The fraction of sp³-hybridized carbons (Fsp3) is 0.0500. The Morgan fingerprint density at radius 2 is 1.64 bits per heavy atom. The average Bonchev–Trinajstić information content (AvgIpc) is 2.64. The number of hydrogen-bond donors (Lipinski definition) is 0. The second kappa shape index (κ2) is 7.49. The summed E-state index contributed by atoms with van der Waals surface area (Å²) < 4.78 is 32.6. The number of benzene rings is 3. The van der Waals surface area contributed by atoms with Crippen LogP contribution in [0, 0.1) is 11.6 Å². The molecule has 0 spiro atoms. The van der Waals surface area contributed by atoms with Crippen LogP contribution in [-0.2, 0) is 0 Å². The molecule has 0 heterocycles. The van der Waals surface area contributed by atoms with Crippen LogP contribution in [0.15, 0.2) is 65.6 Å². The molecule has 0 aliphatic heterocycles. The van der Waals surface area contributed by atoms with E-state index in [1.807, 2.05) is 30.5 Å². The maximum atomic E-state index is 13.9. The molecule has 25 heavy (non-hydrogen) atoms. The van der Waals surface area contributed by atoms with E-state index in [0.29, 0.717) is 16.9 Å². The highest BCUT2D eigenvalue weighted by atomic mass is 32.2. The van der Waals surface area contributed by atoms with Gasteiger partial charge in [0.05, 0.1) is 0 Å². The van der Waals surface area contributed by atoms with Crippen molar-refractivity contribution in [3.8, 4) is 22.6 Å². The predicted molar refractivity (Wildman–Crippen MR) is 95.5 cm³/mol. The molecule has 0 atom stereocenters. The molecule has 0 unspecified atom stereocenters. The molecule has 0 bridgehead atoms. The van der Waals surface area contributed by atoms with Gasteiger partial charge in [0.15, 0.2) is 11.6 Å². The summed E-state index contributed by atoms with van der Waals surface area (Å²) in [5.41, 5.74) is 1.97. The van der Waals surface area contributed by atoms with E-state index in [4.69, 9.17) is 4.74 Å². The number of carbonyl (C=O) groups excluding carboxylic acids is 1. The minimum absolute atomic E-state index is 0.0813. The fourth-order valence-electron chi connectivity index (χ4n) is 2.38. The maximum Gasteiger partial charge on any atom is 0.168 e. The summed E-state index contributed by atoms with van der Waals surface area (Å²) in [6.07, 6.45) is 2.72. The van der Waals surface area contributed by atoms with Gasteiger partial charge in [-0.05, 0) is 54.3 Å². The Morgan fingerprint density at radius 1 is 0.920 bits per heavy atom. The lowest BCUT2D eigenvalue weighted by molar-refractivity contribution is 0.112. The lowest BCUT2D eigenvalue weighted by Crippen LogP contribution is -1.93. The zero-order valence-corrected chi connectivity index (χ0v) is 14.1. The van der Waals surface area contributed by atoms with Crippen LogP contribution in [0.3, 0.4) is 0 Å². The van der Waals surface area contributed by atoms with Gasteiger partial charge in [0, 0.05) is 22.1 Å². The molecule has 0 saturated carbocycles. The van der Waals surface area contributed by atoms with Crippen molar-refractivity contribution in [1.82, 2.24) is 0 Å². The molecule has 0 aromatic heterocycles. The first-order valence-electron chi connectivity index (χ1n) is 7.47. The Kier molecular flexibility index (Phi) is 5.14. The lowest BCUT2D eigenvalue weighted by atomic mass is 10.0. The molecule has 0 radical (unpaired) electrons. The van der Waals surface area contributed by atoms with E-state index >= 15 is 0 Å². The third-order valence-electron chi connectivity index (χ3n) is 3.65. The minimum atomic E-state index is -0.789. The number of ether oxygens (including phenoxy) is 1. The lowest BCUT2D eigenvalue weighted by Gasteiger charge is -2.13. The molecule has 3 aromatic rings. The second-order valence-electron chi connectivity index (χ2n) is 5.28. The van der Waals surface area contributed by atoms with E-state index in [0.717, 1.165) is 28.9 Å². The van der Waals surface area contributed by atoms with Crippen LogP contribution in [0.2, 0.25) is 0 Å². The molecule has 3 rings (SSSR count). The molecular weight excluding hydrogens is 342 g/mol. The fourth-order valence-corrected chi connectivity index (χ4v) is 2.79. The van der Waals surface area contributed by atoms with Crippen molar-refractivity contribution < 1.29 is 18.3 Å². The van der Waals surface area contributed by atoms with Crippen molar-refractivity contribution in [2.45, 2.75) is 4.90 Å². The van der Waals surface area contributed by atoms with E-state index in [9.17, 15) is 13.6 Å². The van der Waals surface area contributed by atoms with Crippen LogP contribution in [0.25, 0.3) is 11.1 Å². The summed E-state index contributed by atoms with van der Waals surface area (Å²) >= 11 is 1.62. The summed E-state index contributed by atoms with van der Waals surface area (Å²) in [5, 5.41) is 0. The van der Waals surface area contributed by atoms with E-state index in [-0.39, 0.29) is 5.75 Å². The Balaban J connectivity index is 2.04.